The molecule has 2 rings (SSSR count). The Hall–Kier alpha value is -0.940. The number of rotatable bonds is 4. The molecule has 0 aliphatic heterocycles. The van der Waals surface area contributed by atoms with Crippen molar-refractivity contribution in [2.75, 3.05) is 0 Å². The lowest BCUT2D eigenvalue weighted by Gasteiger charge is -1.98. The number of hydrogen-bond donors (Lipinski definition) is 0. The number of halogens is 1. The number of carbonyl (C=O) groups is 1. The Morgan fingerprint density at radius 3 is 2.82 bits per heavy atom. The van der Waals surface area contributed by atoms with Crippen molar-refractivity contribution in [1.82, 2.24) is 9.78 Å². The van der Waals surface area contributed by atoms with Crippen molar-refractivity contribution >= 4 is 33.0 Å². The number of thiophene rings is 1. The van der Waals surface area contributed by atoms with Gasteiger partial charge in [-0.2, -0.15) is 5.10 Å². The first kappa shape index (κ1) is 12.5. The minimum atomic E-state index is 0.119. The molecule has 5 heteroatoms. The van der Waals surface area contributed by atoms with Crippen LogP contribution in [0.5, 0.6) is 0 Å². The molecule has 0 aromatic carbocycles. The summed E-state index contributed by atoms with van der Waals surface area (Å²) in [4.78, 5) is 13.2. The number of ketones is 1. The van der Waals surface area contributed by atoms with E-state index in [-0.39, 0.29) is 5.78 Å². The lowest BCUT2D eigenvalue weighted by Crippen LogP contribution is -2.08. The number of aryl methyl sites for hydroxylation is 2. The lowest BCUT2D eigenvalue weighted by molar-refractivity contribution is 0.0985. The molecule has 0 aliphatic rings. The fourth-order valence-electron chi connectivity index (χ4n) is 1.66. The fraction of sp³-hybridized carbons (Fsp3) is 0.333. The van der Waals surface area contributed by atoms with Crippen molar-refractivity contribution in [3.63, 3.8) is 0 Å². The van der Waals surface area contributed by atoms with Crippen LogP contribution in [0.25, 0.3) is 0 Å². The molecule has 0 fully saturated rings. The maximum Gasteiger partial charge on any atom is 0.186 e. The third-order valence-corrected chi connectivity index (χ3v) is 4.23. The predicted octanol–water partition coefficient (Wildman–Crippen LogP) is 3.23. The summed E-state index contributed by atoms with van der Waals surface area (Å²) in [6, 6.07) is 3.87. The van der Waals surface area contributed by atoms with E-state index in [9.17, 15) is 4.79 Å². The van der Waals surface area contributed by atoms with Gasteiger partial charge in [0.2, 0.25) is 0 Å². The molecule has 0 saturated heterocycles. The topological polar surface area (TPSA) is 34.9 Å². The summed E-state index contributed by atoms with van der Waals surface area (Å²) in [7, 11) is 1.82. The monoisotopic (exact) mass is 312 g/mol. The van der Waals surface area contributed by atoms with Gasteiger partial charge in [-0.1, -0.05) is 6.92 Å². The molecule has 2 aromatic rings. The minimum absolute atomic E-state index is 0.119. The molecule has 0 unspecified atom stereocenters. The van der Waals surface area contributed by atoms with Gasteiger partial charge >= 0.3 is 0 Å². The summed E-state index contributed by atoms with van der Waals surface area (Å²) in [5.74, 6) is 0.119. The van der Waals surface area contributed by atoms with E-state index in [4.69, 9.17) is 0 Å². The first-order valence-electron chi connectivity index (χ1n) is 5.39. The van der Waals surface area contributed by atoms with Gasteiger partial charge in [-0.15, -0.1) is 11.3 Å². The highest BCUT2D eigenvalue weighted by molar-refractivity contribution is 9.10. The molecule has 0 spiro atoms. The van der Waals surface area contributed by atoms with E-state index in [1.807, 2.05) is 31.5 Å². The third-order valence-electron chi connectivity index (χ3n) is 2.53. The van der Waals surface area contributed by atoms with Gasteiger partial charge in [-0.05, 0) is 34.5 Å². The van der Waals surface area contributed by atoms with Crippen molar-refractivity contribution in [1.29, 1.82) is 0 Å². The molecule has 0 amide bonds. The van der Waals surface area contributed by atoms with E-state index in [2.05, 4.69) is 21.0 Å². The van der Waals surface area contributed by atoms with Gasteiger partial charge in [0, 0.05) is 28.2 Å². The van der Waals surface area contributed by atoms with Crippen molar-refractivity contribution in [2.24, 2.45) is 7.05 Å². The van der Waals surface area contributed by atoms with Crippen LogP contribution in [0.2, 0.25) is 0 Å². The molecule has 0 bridgehead atoms. The average Bonchev–Trinajstić information content (AvgIpc) is 2.85. The van der Waals surface area contributed by atoms with Gasteiger partial charge < -0.3 is 0 Å². The summed E-state index contributed by atoms with van der Waals surface area (Å²) >= 11 is 4.98. The van der Waals surface area contributed by atoms with Crippen molar-refractivity contribution < 1.29 is 4.79 Å². The SMILES string of the molecule is CCc1cc(C(=O)Cc2cc(Br)cs2)n(C)n1. The van der Waals surface area contributed by atoms with Crippen LogP contribution in [0.15, 0.2) is 22.0 Å². The predicted molar refractivity (Wildman–Crippen MR) is 72.6 cm³/mol. The molecular weight excluding hydrogens is 300 g/mol. The summed E-state index contributed by atoms with van der Waals surface area (Å²) < 4.78 is 2.70. The smallest absolute Gasteiger partial charge is 0.186 e. The standard InChI is InChI=1S/C12H13BrN2OS/c1-3-9-5-11(15(2)14-9)12(16)6-10-4-8(13)7-17-10/h4-5,7H,3,6H2,1-2H3. The second-order valence-corrected chi connectivity index (χ2v) is 5.74. The third kappa shape index (κ3) is 2.84. The van der Waals surface area contributed by atoms with Crippen LogP contribution in [0.3, 0.4) is 0 Å². The minimum Gasteiger partial charge on any atom is -0.292 e. The molecule has 0 atom stereocenters. The number of nitrogens with zero attached hydrogens (tertiary/aromatic N) is 2. The largest absolute Gasteiger partial charge is 0.292 e. The summed E-state index contributed by atoms with van der Waals surface area (Å²) in [6.45, 7) is 2.03. The Morgan fingerprint density at radius 1 is 1.53 bits per heavy atom. The Bertz CT molecular complexity index is 544. The van der Waals surface area contributed by atoms with Crippen molar-refractivity contribution in [2.45, 2.75) is 19.8 Å². The Labute approximate surface area is 113 Å². The van der Waals surface area contributed by atoms with Gasteiger partial charge in [0.1, 0.15) is 5.69 Å². The average molecular weight is 313 g/mol. The van der Waals surface area contributed by atoms with E-state index in [0.717, 1.165) is 21.5 Å². The Morgan fingerprint density at radius 2 is 2.29 bits per heavy atom. The van der Waals surface area contributed by atoms with Gasteiger partial charge in [-0.25, -0.2) is 0 Å². The molecule has 3 nitrogen and oxygen atoms in total. The highest BCUT2D eigenvalue weighted by Gasteiger charge is 2.14. The summed E-state index contributed by atoms with van der Waals surface area (Å²) in [5.41, 5.74) is 1.65. The van der Waals surface area contributed by atoms with Crippen LogP contribution in [-0.4, -0.2) is 15.6 Å². The van der Waals surface area contributed by atoms with E-state index in [1.54, 1.807) is 16.0 Å². The highest BCUT2D eigenvalue weighted by Crippen LogP contribution is 2.21. The van der Waals surface area contributed by atoms with E-state index in [0.29, 0.717) is 12.1 Å². The van der Waals surface area contributed by atoms with Crippen molar-refractivity contribution in [3.05, 3.63) is 38.3 Å². The van der Waals surface area contributed by atoms with Crippen LogP contribution in [0, 0.1) is 0 Å². The molecule has 0 N–H and O–H groups in total. The molecule has 0 saturated carbocycles. The second-order valence-electron chi connectivity index (χ2n) is 3.83. The molecule has 2 aromatic heterocycles. The van der Waals surface area contributed by atoms with Gasteiger partial charge in [-0.3, -0.25) is 9.48 Å². The summed E-state index contributed by atoms with van der Waals surface area (Å²) in [6.07, 6.45) is 1.30. The van der Waals surface area contributed by atoms with E-state index < -0.39 is 0 Å². The normalized spacial score (nSPS) is 10.8. The van der Waals surface area contributed by atoms with Crippen LogP contribution in [0.1, 0.15) is 28.0 Å². The lowest BCUT2D eigenvalue weighted by atomic mass is 10.1. The van der Waals surface area contributed by atoms with Gasteiger partial charge in [0.05, 0.1) is 5.69 Å². The fourth-order valence-corrected chi connectivity index (χ4v) is 3.11. The highest BCUT2D eigenvalue weighted by atomic mass is 79.9. The molecular formula is C12H13BrN2OS. The Balaban J connectivity index is 2.16. The van der Waals surface area contributed by atoms with E-state index in [1.165, 1.54) is 0 Å². The quantitative estimate of drug-likeness (QED) is 0.812. The molecule has 0 aliphatic carbocycles. The van der Waals surface area contributed by atoms with Gasteiger partial charge in [0.15, 0.2) is 5.78 Å². The maximum absolute atomic E-state index is 12.1. The van der Waals surface area contributed by atoms with E-state index >= 15 is 0 Å². The zero-order chi connectivity index (χ0) is 12.4. The zero-order valence-electron chi connectivity index (χ0n) is 9.74. The molecule has 0 radical (unpaired) electrons. The number of aromatic nitrogens is 2. The first-order valence-corrected chi connectivity index (χ1v) is 7.06. The number of Topliss-reactive ketones (excluding diaryl/α,β-unsaturated/α-hetero) is 1. The van der Waals surface area contributed by atoms with Crippen LogP contribution in [-0.2, 0) is 19.9 Å². The second kappa shape index (κ2) is 5.14. The Kier molecular flexibility index (Phi) is 3.79. The molecule has 2 heterocycles. The number of carbonyl (C=O) groups excluding carboxylic acids is 1. The number of hydrogen-bond acceptors (Lipinski definition) is 3. The maximum atomic E-state index is 12.1. The molecule has 17 heavy (non-hydrogen) atoms. The van der Waals surface area contributed by atoms with Crippen LogP contribution in [0.4, 0.5) is 0 Å². The zero-order valence-corrected chi connectivity index (χ0v) is 12.1. The van der Waals surface area contributed by atoms with Crippen LogP contribution < -0.4 is 0 Å². The first-order chi connectivity index (χ1) is 8.10. The molecule has 90 valence electrons. The van der Waals surface area contributed by atoms with Crippen molar-refractivity contribution in [3.8, 4) is 0 Å². The summed E-state index contributed by atoms with van der Waals surface area (Å²) in [5, 5.41) is 6.28. The van der Waals surface area contributed by atoms with Crippen LogP contribution >= 0.6 is 27.3 Å². The van der Waals surface area contributed by atoms with Gasteiger partial charge in [0.25, 0.3) is 0 Å².